The second kappa shape index (κ2) is 3.62. The molecule has 1 aliphatic heterocycles. The number of aryl methyl sites for hydroxylation is 2. The van der Waals surface area contributed by atoms with E-state index in [2.05, 4.69) is 31.3 Å². The van der Waals surface area contributed by atoms with E-state index < -0.39 is 0 Å². The first-order valence-electron chi connectivity index (χ1n) is 5.10. The molecule has 0 amide bonds. The lowest BCUT2D eigenvalue weighted by Crippen LogP contribution is -2.19. The van der Waals surface area contributed by atoms with E-state index in [1.54, 1.807) is 7.11 Å². The minimum Gasteiger partial charge on any atom is -0.384 e. The molecule has 0 aromatic heterocycles. The van der Waals surface area contributed by atoms with Crippen LogP contribution in [0.2, 0.25) is 0 Å². The van der Waals surface area contributed by atoms with Crippen molar-refractivity contribution in [2.75, 3.05) is 19.0 Å². The Morgan fingerprint density at radius 1 is 1.36 bits per heavy atom. The molecule has 1 aliphatic rings. The van der Waals surface area contributed by atoms with Crippen LogP contribution >= 0.6 is 0 Å². The van der Waals surface area contributed by atoms with Crippen molar-refractivity contribution < 1.29 is 4.74 Å². The number of rotatable bonds is 1. The van der Waals surface area contributed by atoms with E-state index in [1.165, 1.54) is 22.4 Å². The third-order valence-electron chi connectivity index (χ3n) is 2.85. The lowest BCUT2D eigenvalue weighted by atomic mass is 9.95. The molecule has 1 unspecified atom stereocenters. The summed E-state index contributed by atoms with van der Waals surface area (Å²) >= 11 is 0. The first kappa shape index (κ1) is 9.53. The minimum absolute atomic E-state index is 0.268. The summed E-state index contributed by atoms with van der Waals surface area (Å²) in [5.41, 5.74) is 5.22. The van der Waals surface area contributed by atoms with Crippen LogP contribution in [0, 0.1) is 13.8 Å². The number of anilines is 1. The van der Waals surface area contributed by atoms with Gasteiger partial charge in [-0.05, 0) is 25.8 Å². The molecule has 0 spiro atoms. The van der Waals surface area contributed by atoms with Crippen molar-refractivity contribution in [1.29, 1.82) is 0 Å². The zero-order chi connectivity index (χ0) is 10.1. The number of hydrogen-bond donors (Lipinski definition) is 1. The second-order valence-corrected chi connectivity index (χ2v) is 3.99. The van der Waals surface area contributed by atoms with Crippen molar-refractivity contribution in [3.8, 4) is 0 Å². The number of nitrogens with one attached hydrogen (secondary N) is 1. The Kier molecular flexibility index (Phi) is 2.46. The molecule has 1 atom stereocenters. The summed E-state index contributed by atoms with van der Waals surface area (Å²) in [6, 6.07) is 4.44. The van der Waals surface area contributed by atoms with E-state index in [0.29, 0.717) is 0 Å². The maximum Gasteiger partial charge on any atom is 0.0858 e. The summed E-state index contributed by atoms with van der Waals surface area (Å²) in [7, 11) is 1.79. The Labute approximate surface area is 85.3 Å². The normalized spacial score (nSPS) is 20.1. The van der Waals surface area contributed by atoms with Gasteiger partial charge in [0.1, 0.15) is 0 Å². The van der Waals surface area contributed by atoms with Crippen molar-refractivity contribution in [1.82, 2.24) is 0 Å². The molecule has 0 radical (unpaired) electrons. The Bertz CT molecular complexity index is 346. The zero-order valence-corrected chi connectivity index (χ0v) is 9.05. The molecule has 0 aliphatic carbocycles. The Balaban J connectivity index is 2.51. The van der Waals surface area contributed by atoms with Gasteiger partial charge in [-0.3, -0.25) is 0 Å². The van der Waals surface area contributed by atoms with Crippen LogP contribution in [0.4, 0.5) is 5.69 Å². The average Bonchev–Trinajstić information content (AvgIpc) is 2.17. The van der Waals surface area contributed by atoms with Gasteiger partial charge in [0, 0.05) is 24.9 Å². The quantitative estimate of drug-likeness (QED) is 0.737. The fourth-order valence-corrected chi connectivity index (χ4v) is 2.22. The lowest BCUT2D eigenvalue weighted by molar-refractivity contribution is 0.0964. The predicted octanol–water partition coefficient (Wildman–Crippen LogP) is 2.81. The fourth-order valence-electron chi connectivity index (χ4n) is 2.22. The smallest absolute Gasteiger partial charge is 0.0858 e. The molecule has 0 bridgehead atoms. The zero-order valence-electron chi connectivity index (χ0n) is 9.05. The molecule has 76 valence electrons. The first-order chi connectivity index (χ1) is 6.72. The van der Waals surface area contributed by atoms with Gasteiger partial charge in [-0.15, -0.1) is 0 Å². The van der Waals surface area contributed by atoms with Crippen LogP contribution in [0.3, 0.4) is 0 Å². The third kappa shape index (κ3) is 1.50. The standard InChI is InChI=1S/C12H17NO/c1-8-6-9(2)12-10(7-8)11(14-3)4-5-13-12/h6-7,11,13H,4-5H2,1-3H3. The van der Waals surface area contributed by atoms with Gasteiger partial charge >= 0.3 is 0 Å². The molecule has 0 fully saturated rings. The van der Waals surface area contributed by atoms with Crippen molar-refractivity contribution in [2.45, 2.75) is 26.4 Å². The minimum atomic E-state index is 0.268. The highest BCUT2D eigenvalue weighted by Crippen LogP contribution is 2.34. The summed E-state index contributed by atoms with van der Waals surface area (Å²) in [4.78, 5) is 0. The summed E-state index contributed by atoms with van der Waals surface area (Å²) in [5.74, 6) is 0. The van der Waals surface area contributed by atoms with Gasteiger partial charge in [0.2, 0.25) is 0 Å². The summed E-state index contributed by atoms with van der Waals surface area (Å²) < 4.78 is 5.49. The van der Waals surface area contributed by atoms with Gasteiger partial charge in [0.15, 0.2) is 0 Å². The fraction of sp³-hybridized carbons (Fsp3) is 0.500. The molecule has 1 heterocycles. The highest BCUT2D eigenvalue weighted by atomic mass is 16.5. The largest absolute Gasteiger partial charge is 0.384 e. The van der Waals surface area contributed by atoms with Crippen LogP contribution in [0.5, 0.6) is 0 Å². The molecular weight excluding hydrogens is 174 g/mol. The van der Waals surface area contributed by atoms with Crippen molar-refractivity contribution in [3.05, 3.63) is 28.8 Å². The predicted molar refractivity (Wildman–Crippen MR) is 58.8 cm³/mol. The van der Waals surface area contributed by atoms with Gasteiger partial charge in [-0.25, -0.2) is 0 Å². The van der Waals surface area contributed by atoms with Crippen LogP contribution in [0.25, 0.3) is 0 Å². The van der Waals surface area contributed by atoms with Crippen molar-refractivity contribution >= 4 is 5.69 Å². The van der Waals surface area contributed by atoms with Crippen LogP contribution in [0.15, 0.2) is 12.1 Å². The topological polar surface area (TPSA) is 21.3 Å². The second-order valence-electron chi connectivity index (χ2n) is 3.99. The molecule has 14 heavy (non-hydrogen) atoms. The van der Waals surface area contributed by atoms with Crippen LogP contribution in [0.1, 0.15) is 29.2 Å². The van der Waals surface area contributed by atoms with E-state index in [9.17, 15) is 0 Å². The van der Waals surface area contributed by atoms with Gasteiger partial charge in [0.05, 0.1) is 6.10 Å². The molecule has 2 heteroatoms. The number of fused-ring (bicyclic) bond motifs is 1. The van der Waals surface area contributed by atoms with Crippen LogP contribution in [-0.2, 0) is 4.74 Å². The number of hydrogen-bond acceptors (Lipinski definition) is 2. The summed E-state index contributed by atoms with van der Waals surface area (Å²) in [6.45, 7) is 5.29. The van der Waals surface area contributed by atoms with Crippen LogP contribution in [-0.4, -0.2) is 13.7 Å². The molecule has 1 aromatic rings. The van der Waals surface area contributed by atoms with Gasteiger partial charge < -0.3 is 10.1 Å². The molecule has 1 aromatic carbocycles. The van der Waals surface area contributed by atoms with Crippen molar-refractivity contribution in [3.63, 3.8) is 0 Å². The van der Waals surface area contributed by atoms with Gasteiger partial charge in [0.25, 0.3) is 0 Å². The van der Waals surface area contributed by atoms with Gasteiger partial charge in [-0.2, -0.15) is 0 Å². The molecule has 2 rings (SSSR count). The average molecular weight is 191 g/mol. The molecule has 2 nitrogen and oxygen atoms in total. The highest BCUT2D eigenvalue weighted by molar-refractivity contribution is 5.61. The summed E-state index contributed by atoms with van der Waals surface area (Å²) in [6.07, 6.45) is 1.33. The van der Waals surface area contributed by atoms with E-state index >= 15 is 0 Å². The van der Waals surface area contributed by atoms with E-state index in [1.807, 2.05) is 0 Å². The van der Waals surface area contributed by atoms with Crippen LogP contribution < -0.4 is 5.32 Å². The van der Waals surface area contributed by atoms with E-state index in [4.69, 9.17) is 4.74 Å². The Morgan fingerprint density at radius 2 is 2.14 bits per heavy atom. The molecule has 0 saturated carbocycles. The highest BCUT2D eigenvalue weighted by Gasteiger charge is 2.20. The summed E-state index contributed by atoms with van der Waals surface area (Å²) in [5, 5.41) is 3.44. The third-order valence-corrected chi connectivity index (χ3v) is 2.85. The monoisotopic (exact) mass is 191 g/mol. The molecule has 1 N–H and O–H groups in total. The maximum absolute atomic E-state index is 5.49. The van der Waals surface area contributed by atoms with Gasteiger partial charge in [-0.1, -0.05) is 17.7 Å². The maximum atomic E-state index is 5.49. The lowest BCUT2D eigenvalue weighted by Gasteiger charge is -2.27. The first-order valence-corrected chi connectivity index (χ1v) is 5.10. The SMILES string of the molecule is COC1CCNc2c(C)cc(C)cc21. The van der Waals surface area contributed by atoms with E-state index in [0.717, 1.165) is 13.0 Å². The Morgan fingerprint density at radius 3 is 2.86 bits per heavy atom. The number of benzene rings is 1. The number of methoxy groups -OCH3 is 1. The molecular formula is C12H17NO. The molecule has 0 saturated heterocycles. The Hall–Kier alpha value is -1.02. The van der Waals surface area contributed by atoms with E-state index in [-0.39, 0.29) is 6.10 Å². The number of ether oxygens (including phenoxy) is 1. The van der Waals surface area contributed by atoms with Crippen molar-refractivity contribution in [2.24, 2.45) is 0 Å².